The molecule has 3 rings (SSSR count). The summed E-state index contributed by atoms with van der Waals surface area (Å²) in [6, 6.07) is 7.95. The van der Waals surface area contributed by atoms with Gasteiger partial charge in [-0.05, 0) is 6.07 Å². The summed E-state index contributed by atoms with van der Waals surface area (Å²) in [6.45, 7) is 0.530. The Hall–Kier alpha value is -2.25. The number of benzene rings is 1. The van der Waals surface area contributed by atoms with E-state index in [1.54, 1.807) is 0 Å². The fourth-order valence-corrected chi connectivity index (χ4v) is 2.56. The third-order valence-corrected chi connectivity index (χ3v) is 3.63. The predicted molar refractivity (Wildman–Crippen MR) is 72.6 cm³/mol. The molecular formula is C12H11N5OS. The summed E-state index contributed by atoms with van der Waals surface area (Å²) < 4.78 is 1.86. The molecule has 0 unspecified atom stereocenters. The van der Waals surface area contributed by atoms with Crippen molar-refractivity contribution in [2.45, 2.75) is 6.54 Å². The van der Waals surface area contributed by atoms with Crippen molar-refractivity contribution in [3.8, 4) is 0 Å². The largest absolute Gasteiger partial charge is 0.294 e. The standard InChI is InChI=1S/C12H11N5OS/c13-16-11(18)12-15-9(7-19-12)6-17-10-4-2-1-3-8(10)5-14-17/h1-5,7H,6,13H2,(H,16,18). The minimum atomic E-state index is -0.374. The summed E-state index contributed by atoms with van der Waals surface area (Å²) in [7, 11) is 0. The average Bonchev–Trinajstić information content (AvgIpc) is 3.06. The highest BCUT2D eigenvalue weighted by Gasteiger charge is 2.10. The number of nitrogens with two attached hydrogens (primary N) is 1. The summed E-state index contributed by atoms with van der Waals surface area (Å²) >= 11 is 1.27. The number of hydrogen-bond donors (Lipinski definition) is 2. The van der Waals surface area contributed by atoms with Crippen LogP contribution >= 0.6 is 11.3 Å². The number of carbonyl (C=O) groups is 1. The van der Waals surface area contributed by atoms with Gasteiger partial charge in [-0.15, -0.1) is 11.3 Å². The molecule has 3 N–H and O–H groups in total. The number of para-hydroxylation sites is 1. The van der Waals surface area contributed by atoms with E-state index in [2.05, 4.69) is 15.5 Å². The normalized spacial score (nSPS) is 10.8. The van der Waals surface area contributed by atoms with Crippen LogP contribution in [0.15, 0.2) is 35.8 Å². The number of hydrogen-bond acceptors (Lipinski definition) is 5. The van der Waals surface area contributed by atoms with E-state index >= 15 is 0 Å². The highest BCUT2D eigenvalue weighted by molar-refractivity contribution is 7.11. The van der Waals surface area contributed by atoms with E-state index in [1.807, 2.05) is 40.5 Å². The zero-order chi connectivity index (χ0) is 13.2. The molecule has 0 saturated heterocycles. The molecule has 0 atom stereocenters. The number of hydrazine groups is 1. The van der Waals surface area contributed by atoms with E-state index in [-0.39, 0.29) is 5.91 Å². The predicted octanol–water partition coefficient (Wildman–Crippen LogP) is 1.14. The molecule has 0 fully saturated rings. The fraction of sp³-hybridized carbons (Fsp3) is 0.0833. The lowest BCUT2D eigenvalue weighted by molar-refractivity contribution is 0.0953. The van der Waals surface area contributed by atoms with Crippen molar-refractivity contribution in [3.05, 3.63) is 46.5 Å². The molecule has 2 aromatic heterocycles. The van der Waals surface area contributed by atoms with E-state index in [0.29, 0.717) is 11.6 Å². The van der Waals surface area contributed by atoms with E-state index in [0.717, 1.165) is 16.6 Å². The maximum absolute atomic E-state index is 11.3. The Labute approximate surface area is 112 Å². The zero-order valence-corrected chi connectivity index (χ0v) is 10.7. The van der Waals surface area contributed by atoms with Gasteiger partial charge in [-0.3, -0.25) is 14.9 Å². The molecule has 6 nitrogen and oxygen atoms in total. The highest BCUT2D eigenvalue weighted by Crippen LogP contribution is 2.16. The fourth-order valence-electron chi connectivity index (χ4n) is 1.85. The van der Waals surface area contributed by atoms with E-state index in [1.165, 1.54) is 11.3 Å². The topological polar surface area (TPSA) is 85.8 Å². The first-order valence-electron chi connectivity index (χ1n) is 5.64. The third-order valence-electron chi connectivity index (χ3n) is 2.74. The summed E-state index contributed by atoms with van der Waals surface area (Å²) in [6.07, 6.45) is 1.81. The van der Waals surface area contributed by atoms with Crippen LogP contribution in [0.2, 0.25) is 0 Å². The van der Waals surface area contributed by atoms with Gasteiger partial charge >= 0.3 is 0 Å². The van der Waals surface area contributed by atoms with Gasteiger partial charge in [-0.2, -0.15) is 5.10 Å². The molecule has 0 bridgehead atoms. The Balaban J connectivity index is 1.89. The van der Waals surface area contributed by atoms with Crippen molar-refractivity contribution in [1.82, 2.24) is 20.2 Å². The second-order valence-electron chi connectivity index (χ2n) is 3.98. The number of nitrogens with one attached hydrogen (secondary N) is 1. The van der Waals surface area contributed by atoms with Crippen LogP contribution in [0.25, 0.3) is 10.9 Å². The number of rotatable bonds is 3. The lowest BCUT2D eigenvalue weighted by Crippen LogP contribution is -2.29. The summed E-state index contributed by atoms with van der Waals surface area (Å²) in [5, 5.41) is 7.59. The molecule has 2 heterocycles. The molecule has 0 spiro atoms. The van der Waals surface area contributed by atoms with Gasteiger partial charge in [0.15, 0.2) is 5.01 Å². The molecule has 1 aromatic carbocycles. The first kappa shape index (κ1) is 11.8. The SMILES string of the molecule is NNC(=O)c1nc(Cn2ncc3ccccc32)cs1. The van der Waals surface area contributed by atoms with Gasteiger partial charge in [0.1, 0.15) is 0 Å². The summed E-state index contributed by atoms with van der Waals surface area (Å²) in [5.74, 6) is 4.70. The Morgan fingerprint density at radius 3 is 3.11 bits per heavy atom. The second kappa shape index (κ2) is 4.79. The van der Waals surface area contributed by atoms with Crippen molar-refractivity contribution in [2.75, 3.05) is 0 Å². The molecule has 0 aliphatic carbocycles. The number of thiazole rings is 1. The summed E-state index contributed by atoms with van der Waals surface area (Å²) in [5.41, 5.74) is 3.90. The van der Waals surface area contributed by atoms with Crippen LogP contribution in [0, 0.1) is 0 Å². The second-order valence-corrected chi connectivity index (χ2v) is 4.84. The number of fused-ring (bicyclic) bond motifs is 1. The molecule has 1 amide bonds. The van der Waals surface area contributed by atoms with E-state index < -0.39 is 0 Å². The van der Waals surface area contributed by atoms with Gasteiger partial charge in [-0.25, -0.2) is 10.8 Å². The van der Waals surface area contributed by atoms with Crippen LogP contribution in [-0.4, -0.2) is 20.7 Å². The number of aromatic nitrogens is 3. The Morgan fingerprint density at radius 1 is 1.42 bits per heavy atom. The van der Waals surface area contributed by atoms with Crippen LogP contribution in [0.1, 0.15) is 15.5 Å². The number of nitrogen functional groups attached to an aromatic ring is 1. The van der Waals surface area contributed by atoms with Crippen molar-refractivity contribution in [1.29, 1.82) is 0 Å². The minimum Gasteiger partial charge on any atom is -0.288 e. The highest BCUT2D eigenvalue weighted by atomic mass is 32.1. The van der Waals surface area contributed by atoms with Gasteiger partial charge in [0.2, 0.25) is 0 Å². The van der Waals surface area contributed by atoms with Gasteiger partial charge in [0.25, 0.3) is 5.91 Å². The molecule has 0 radical (unpaired) electrons. The molecule has 7 heteroatoms. The van der Waals surface area contributed by atoms with Gasteiger partial charge in [0, 0.05) is 10.8 Å². The maximum atomic E-state index is 11.3. The van der Waals surface area contributed by atoms with Crippen molar-refractivity contribution in [3.63, 3.8) is 0 Å². The molecular weight excluding hydrogens is 262 g/mol. The number of amides is 1. The van der Waals surface area contributed by atoms with Crippen molar-refractivity contribution >= 4 is 28.1 Å². The maximum Gasteiger partial charge on any atom is 0.294 e. The van der Waals surface area contributed by atoms with Crippen LogP contribution in [0.5, 0.6) is 0 Å². The van der Waals surface area contributed by atoms with E-state index in [9.17, 15) is 4.79 Å². The van der Waals surface area contributed by atoms with Crippen LogP contribution < -0.4 is 11.3 Å². The number of nitrogens with zero attached hydrogens (tertiary/aromatic N) is 3. The van der Waals surface area contributed by atoms with Crippen LogP contribution in [0.3, 0.4) is 0 Å². The number of carbonyl (C=O) groups excluding carboxylic acids is 1. The summed E-state index contributed by atoms with van der Waals surface area (Å²) in [4.78, 5) is 15.6. The Bertz CT molecular complexity index is 732. The molecule has 0 saturated carbocycles. The van der Waals surface area contributed by atoms with Gasteiger partial charge < -0.3 is 0 Å². The monoisotopic (exact) mass is 273 g/mol. The lowest BCUT2D eigenvalue weighted by atomic mass is 10.2. The Morgan fingerprint density at radius 2 is 2.26 bits per heavy atom. The molecule has 3 aromatic rings. The first-order valence-corrected chi connectivity index (χ1v) is 6.52. The van der Waals surface area contributed by atoms with Crippen molar-refractivity contribution < 1.29 is 4.79 Å². The molecule has 0 aliphatic heterocycles. The van der Waals surface area contributed by atoms with Crippen molar-refractivity contribution in [2.24, 2.45) is 5.84 Å². The van der Waals surface area contributed by atoms with E-state index in [4.69, 9.17) is 5.84 Å². The van der Waals surface area contributed by atoms with Crippen LogP contribution in [0.4, 0.5) is 0 Å². The minimum absolute atomic E-state index is 0.356. The molecule has 19 heavy (non-hydrogen) atoms. The molecule has 0 aliphatic rings. The average molecular weight is 273 g/mol. The quantitative estimate of drug-likeness (QED) is 0.426. The van der Waals surface area contributed by atoms with Crippen LogP contribution in [-0.2, 0) is 6.54 Å². The lowest BCUT2D eigenvalue weighted by Gasteiger charge is -2.00. The first-order chi connectivity index (χ1) is 9.28. The van der Waals surface area contributed by atoms with Gasteiger partial charge in [0.05, 0.1) is 24.0 Å². The molecule has 96 valence electrons. The van der Waals surface area contributed by atoms with Gasteiger partial charge in [-0.1, -0.05) is 18.2 Å². The smallest absolute Gasteiger partial charge is 0.288 e. The zero-order valence-electron chi connectivity index (χ0n) is 9.91. The Kier molecular flexibility index (Phi) is 2.98. The third kappa shape index (κ3) is 2.20.